The van der Waals surface area contributed by atoms with Crippen LogP contribution in [0.15, 0.2) is 0 Å². The Morgan fingerprint density at radius 3 is 2.41 bits per heavy atom. The average molecular weight is 263 g/mol. The van der Waals surface area contributed by atoms with Gasteiger partial charge in [-0.3, -0.25) is 4.79 Å². The summed E-state index contributed by atoms with van der Waals surface area (Å²) in [6.07, 6.45) is 4.38. The van der Waals surface area contributed by atoms with Crippen molar-refractivity contribution < 1.29 is 13.2 Å². The van der Waals surface area contributed by atoms with E-state index in [1.54, 1.807) is 0 Å². The van der Waals surface area contributed by atoms with Gasteiger partial charge >= 0.3 is 0 Å². The molecular formula is C10H21N3O3S. The zero-order valence-corrected chi connectivity index (χ0v) is 11.0. The van der Waals surface area contributed by atoms with Crippen LogP contribution in [0.5, 0.6) is 0 Å². The van der Waals surface area contributed by atoms with Crippen LogP contribution in [0.3, 0.4) is 0 Å². The number of carbonyl (C=O) groups is 1. The van der Waals surface area contributed by atoms with Crippen molar-refractivity contribution in [1.29, 1.82) is 0 Å². The van der Waals surface area contributed by atoms with Crippen molar-refractivity contribution in [3.63, 3.8) is 0 Å². The maximum absolute atomic E-state index is 11.8. The van der Waals surface area contributed by atoms with Gasteiger partial charge in [0.15, 0.2) is 0 Å². The number of rotatable bonds is 5. The zero-order valence-electron chi connectivity index (χ0n) is 10.2. The predicted octanol–water partition coefficient (Wildman–Crippen LogP) is -0.687. The molecule has 1 rings (SSSR count). The summed E-state index contributed by atoms with van der Waals surface area (Å²) in [5.74, 6) is -0.353. The van der Waals surface area contributed by atoms with Gasteiger partial charge in [-0.1, -0.05) is 19.3 Å². The Morgan fingerprint density at radius 1 is 1.29 bits per heavy atom. The molecular weight excluding hydrogens is 242 g/mol. The van der Waals surface area contributed by atoms with Crippen molar-refractivity contribution in [3.8, 4) is 0 Å². The minimum Gasteiger partial charge on any atom is -0.353 e. The quantitative estimate of drug-likeness (QED) is 0.611. The molecule has 0 aromatic heterocycles. The topological polar surface area (TPSA) is 101 Å². The molecule has 7 heteroatoms. The van der Waals surface area contributed by atoms with E-state index in [1.165, 1.54) is 7.05 Å². The highest BCUT2D eigenvalue weighted by atomic mass is 32.2. The van der Waals surface area contributed by atoms with Gasteiger partial charge in [0.05, 0.1) is 11.3 Å². The Morgan fingerprint density at radius 2 is 1.88 bits per heavy atom. The van der Waals surface area contributed by atoms with Crippen molar-refractivity contribution in [2.45, 2.75) is 37.6 Å². The summed E-state index contributed by atoms with van der Waals surface area (Å²) in [5.41, 5.74) is 5.20. The molecule has 1 aliphatic rings. The van der Waals surface area contributed by atoms with Crippen molar-refractivity contribution in [2.24, 2.45) is 5.73 Å². The standard InChI is InChI=1S/C10H21N3O3S/c1-12-17(15,16)8-7-13-9(14)10(11)5-3-2-4-6-10/h12H,2-8,11H2,1H3,(H,13,14). The third-order valence-electron chi connectivity index (χ3n) is 3.17. The molecule has 1 aliphatic carbocycles. The fourth-order valence-corrected chi connectivity index (χ4v) is 2.56. The summed E-state index contributed by atoms with van der Waals surface area (Å²) in [7, 11) is -1.92. The molecule has 0 aliphatic heterocycles. The first kappa shape index (κ1) is 14.4. The molecule has 1 fully saturated rings. The van der Waals surface area contributed by atoms with Crippen molar-refractivity contribution >= 4 is 15.9 Å². The summed E-state index contributed by atoms with van der Waals surface area (Å²) in [6, 6.07) is 0. The number of hydrogen-bond donors (Lipinski definition) is 3. The molecule has 0 aromatic carbocycles. The Kier molecular flexibility index (Phi) is 4.91. The van der Waals surface area contributed by atoms with Crippen LogP contribution in [0.1, 0.15) is 32.1 Å². The second-order valence-electron chi connectivity index (χ2n) is 4.50. The van der Waals surface area contributed by atoms with Gasteiger partial charge in [0.2, 0.25) is 15.9 Å². The Hall–Kier alpha value is -0.660. The first-order valence-corrected chi connectivity index (χ1v) is 7.53. The molecule has 0 atom stereocenters. The van der Waals surface area contributed by atoms with E-state index in [-0.39, 0.29) is 18.2 Å². The molecule has 0 heterocycles. The molecule has 0 aromatic rings. The molecule has 0 spiro atoms. The van der Waals surface area contributed by atoms with E-state index < -0.39 is 15.6 Å². The van der Waals surface area contributed by atoms with Crippen molar-refractivity contribution in [3.05, 3.63) is 0 Å². The van der Waals surface area contributed by atoms with Crippen LogP contribution in [-0.2, 0) is 14.8 Å². The van der Waals surface area contributed by atoms with E-state index in [0.717, 1.165) is 19.3 Å². The Bertz CT molecular complexity index is 361. The molecule has 6 nitrogen and oxygen atoms in total. The SMILES string of the molecule is CNS(=O)(=O)CCNC(=O)C1(N)CCCCC1. The normalized spacial score (nSPS) is 19.9. The van der Waals surface area contributed by atoms with Crippen molar-refractivity contribution in [1.82, 2.24) is 10.0 Å². The smallest absolute Gasteiger partial charge is 0.240 e. The van der Waals surface area contributed by atoms with Crippen LogP contribution in [0.25, 0.3) is 0 Å². The van der Waals surface area contributed by atoms with Gasteiger partial charge < -0.3 is 11.1 Å². The van der Waals surface area contributed by atoms with E-state index in [1.807, 2.05) is 0 Å². The lowest BCUT2D eigenvalue weighted by Gasteiger charge is -2.31. The van der Waals surface area contributed by atoms with E-state index in [2.05, 4.69) is 10.0 Å². The lowest BCUT2D eigenvalue weighted by Crippen LogP contribution is -2.55. The largest absolute Gasteiger partial charge is 0.353 e. The Labute approximate surface area is 102 Å². The van der Waals surface area contributed by atoms with E-state index in [4.69, 9.17) is 5.73 Å². The van der Waals surface area contributed by atoms with Gasteiger partial charge in [-0.15, -0.1) is 0 Å². The first-order valence-electron chi connectivity index (χ1n) is 5.88. The maximum atomic E-state index is 11.8. The molecule has 1 amide bonds. The highest BCUT2D eigenvalue weighted by molar-refractivity contribution is 7.89. The monoisotopic (exact) mass is 263 g/mol. The van der Waals surface area contributed by atoms with Gasteiger partial charge in [-0.25, -0.2) is 13.1 Å². The summed E-state index contributed by atoms with van der Waals surface area (Å²) < 4.78 is 24.5. The first-order chi connectivity index (χ1) is 7.90. The fraction of sp³-hybridized carbons (Fsp3) is 0.900. The molecule has 17 heavy (non-hydrogen) atoms. The number of amides is 1. The van der Waals surface area contributed by atoms with Crippen LogP contribution in [0.4, 0.5) is 0 Å². The van der Waals surface area contributed by atoms with Gasteiger partial charge in [0.25, 0.3) is 0 Å². The molecule has 1 saturated carbocycles. The molecule has 0 unspecified atom stereocenters. The van der Waals surface area contributed by atoms with Gasteiger partial charge in [-0.2, -0.15) is 0 Å². The van der Waals surface area contributed by atoms with E-state index in [0.29, 0.717) is 12.8 Å². The minimum absolute atomic E-state index is 0.0982. The number of nitrogens with two attached hydrogens (primary N) is 1. The second kappa shape index (κ2) is 5.79. The summed E-state index contributed by atoms with van der Waals surface area (Å²) in [6.45, 7) is 0.0982. The van der Waals surface area contributed by atoms with Gasteiger partial charge in [0, 0.05) is 6.54 Å². The lowest BCUT2D eigenvalue weighted by molar-refractivity contribution is -0.127. The lowest BCUT2D eigenvalue weighted by atomic mass is 9.82. The van der Waals surface area contributed by atoms with Crippen LogP contribution in [-0.4, -0.2) is 39.2 Å². The highest BCUT2D eigenvalue weighted by Gasteiger charge is 2.34. The summed E-state index contributed by atoms with van der Waals surface area (Å²) >= 11 is 0. The number of hydrogen-bond acceptors (Lipinski definition) is 4. The fourth-order valence-electron chi connectivity index (χ4n) is 1.99. The second-order valence-corrected chi connectivity index (χ2v) is 6.54. The Balaban J connectivity index is 2.39. The van der Waals surface area contributed by atoms with Crippen molar-refractivity contribution in [2.75, 3.05) is 19.3 Å². The third kappa shape index (κ3) is 4.25. The van der Waals surface area contributed by atoms with Crippen LogP contribution in [0.2, 0.25) is 0 Å². The average Bonchev–Trinajstić information content (AvgIpc) is 2.29. The molecule has 4 N–H and O–H groups in total. The summed E-state index contributed by atoms with van der Waals surface area (Å²) in [4.78, 5) is 11.8. The van der Waals surface area contributed by atoms with Crippen LogP contribution >= 0.6 is 0 Å². The zero-order chi connectivity index (χ0) is 12.9. The van der Waals surface area contributed by atoms with Crippen LogP contribution < -0.4 is 15.8 Å². The number of carbonyl (C=O) groups excluding carboxylic acids is 1. The molecule has 0 saturated heterocycles. The number of nitrogens with one attached hydrogen (secondary N) is 2. The molecule has 0 radical (unpaired) electrons. The highest BCUT2D eigenvalue weighted by Crippen LogP contribution is 2.25. The molecule has 0 bridgehead atoms. The van der Waals surface area contributed by atoms with E-state index in [9.17, 15) is 13.2 Å². The predicted molar refractivity (Wildman–Crippen MR) is 65.9 cm³/mol. The van der Waals surface area contributed by atoms with E-state index >= 15 is 0 Å². The third-order valence-corrected chi connectivity index (χ3v) is 4.53. The van der Waals surface area contributed by atoms with Crippen LogP contribution in [0, 0.1) is 0 Å². The minimum atomic E-state index is -3.27. The van der Waals surface area contributed by atoms with Gasteiger partial charge in [0.1, 0.15) is 0 Å². The summed E-state index contributed by atoms with van der Waals surface area (Å²) in [5, 5.41) is 2.60. The maximum Gasteiger partial charge on any atom is 0.240 e. The molecule has 100 valence electrons. The van der Waals surface area contributed by atoms with Gasteiger partial charge in [-0.05, 0) is 19.9 Å². The number of sulfonamides is 1.